The lowest BCUT2D eigenvalue weighted by atomic mass is 9.83. The van der Waals surface area contributed by atoms with Crippen LogP contribution in [0.3, 0.4) is 0 Å². The summed E-state index contributed by atoms with van der Waals surface area (Å²) in [7, 11) is -3.43. The maximum Gasteiger partial charge on any atom is 0.250 e. The molecule has 0 bridgehead atoms. The van der Waals surface area contributed by atoms with Crippen LogP contribution in [0.5, 0.6) is 0 Å². The van der Waals surface area contributed by atoms with Crippen LogP contribution in [-0.4, -0.2) is 26.2 Å². The van der Waals surface area contributed by atoms with Crippen molar-refractivity contribution in [3.8, 4) is 0 Å². The second-order valence-electron chi connectivity index (χ2n) is 5.73. The van der Waals surface area contributed by atoms with Gasteiger partial charge in [0.2, 0.25) is 10.0 Å². The van der Waals surface area contributed by atoms with Crippen molar-refractivity contribution in [2.45, 2.75) is 62.1 Å². The maximum absolute atomic E-state index is 12.5. The first-order chi connectivity index (χ1) is 10.1. The Morgan fingerprint density at radius 3 is 2.67 bits per heavy atom. The molecule has 1 aliphatic rings. The van der Waals surface area contributed by atoms with Crippen molar-refractivity contribution < 1.29 is 13.5 Å². The Balaban J connectivity index is 2.06. The Morgan fingerprint density at radius 1 is 1.33 bits per heavy atom. The van der Waals surface area contributed by atoms with E-state index in [1.54, 1.807) is 12.1 Å². The molecule has 0 aromatic carbocycles. The van der Waals surface area contributed by atoms with E-state index in [0.717, 1.165) is 24.1 Å². The van der Waals surface area contributed by atoms with Gasteiger partial charge in [-0.05, 0) is 37.3 Å². The zero-order valence-electron chi connectivity index (χ0n) is 12.5. The Kier molecular flexibility index (Phi) is 6.22. The summed E-state index contributed by atoms with van der Waals surface area (Å²) in [6.45, 7) is 2.10. The molecular weight excluding hydrogens is 306 g/mol. The molecule has 1 heterocycles. The molecule has 0 saturated heterocycles. The van der Waals surface area contributed by atoms with E-state index in [4.69, 9.17) is 5.11 Å². The van der Waals surface area contributed by atoms with E-state index in [2.05, 4.69) is 4.72 Å². The van der Waals surface area contributed by atoms with Crippen LogP contribution in [0.1, 0.15) is 50.3 Å². The van der Waals surface area contributed by atoms with Gasteiger partial charge in [-0.25, -0.2) is 13.1 Å². The summed E-state index contributed by atoms with van der Waals surface area (Å²) in [5.74, 6) is 0.468. The summed E-state index contributed by atoms with van der Waals surface area (Å²) in [6.07, 6.45) is 7.29. The molecule has 0 radical (unpaired) electrons. The number of thiophene rings is 1. The standard InChI is InChI=1S/C15H25NO3S2/c1-2-14(12-6-4-3-5-7-12)16-21(18,19)15-9-8-13(20-15)10-11-17/h8-9,12,14,16-17H,2-7,10-11H2,1H3. The minimum Gasteiger partial charge on any atom is -0.396 e. The van der Waals surface area contributed by atoms with Crippen LogP contribution < -0.4 is 4.72 Å². The molecule has 0 aliphatic heterocycles. The molecule has 0 amide bonds. The van der Waals surface area contributed by atoms with E-state index in [9.17, 15) is 8.42 Å². The van der Waals surface area contributed by atoms with Gasteiger partial charge in [0.05, 0.1) is 0 Å². The number of nitrogens with one attached hydrogen (secondary N) is 1. The fraction of sp³-hybridized carbons (Fsp3) is 0.733. The Morgan fingerprint density at radius 2 is 2.05 bits per heavy atom. The highest BCUT2D eigenvalue weighted by Gasteiger charge is 2.27. The molecular formula is C15H25NO3S2. The van der Waals surface area contributed by atoms with Crippen LogP contribution in [-0.2, 0) is 16.4 Å². The minimum atomic E-state index is -3.43. The summed E-state index contributed by atoms with van der Waals surface area (Å²) in [4.78, 5) is 0.906. The zero-order chi connectivity index (χ0) is 15.3. The van der Waals surface area contributed by atoms with E-state index < -0.39 is 10.0 Å². The van der Waals surface area contributed by atoms with E-state index in [1.807, 2.05) is 6.92 Å². The van der Waals surface area contributed by atoms with Crippen LogP contribution in [0.4, 0.5) is 0 Å². The van der Waals surface area contributed by atoms with Gasteiger partial charge in [-0.1, -0.05) is 26.2 Å². The average Bonchev–Trinajstić information content (AvgIpc) is 2.96. The summed E-state index contributed by atoms with van der Waals surface area (Å²) in [5.41, 5.74) is 0. The second kappa shape index (κ2) is 7.72. The number of aliphatic hydroxyl groups excluding tert-OH is 1. The second-order valence-corrected chi connectivity index (χ2v) is 8.84. The van der Waals surface area contributed by atoms with Crippen LogP contribution in [0, 0.1) is 5.92 Å². The third-order valence-electron chi connectivity index (χ3n) is 4.23. The number of aliphatic hydroxyl groups is 1. The monoisotopic (exact) mass is 331 g/mol. The van der Waals surface area contributed by atoms with E-state index in [-0.39, 0.29) is 12.6 Å². The van der Waals surface area contributed by atoms with Gasteiger partial charge in [0.25, 0.3) is 0 Å². The Bertz CT molecular complexity index is 533. The zero-order valence-corrected chi connectivity index (χ0v) is 14.2. The largest absolute Gasteiger partial charge is 0.396 e. The normalized spacial score (nSPS) is 18.8. The SMILES string of the molecule is CCC(NS(=O)(=O)c1ccc(CCO)s1)C1CCCCC1. The van der Waals surface area contributed by atoms with Gasteiger partial charge in [-0.2, -0.15) is 0 Å². The number of hydrogen-bond donors (Lipinski definition) is 2. The summed E-state index contributed by atoms with van der Waals surface area (Å²) in [6, 6.07) is 3.47. The molecule has 0 spiro atoms. The van der Waals surface area contributed by atoms with Crippen molar-refractivity contribution in [2.75, 3.05) is 6.61 Å². The van der Waals surface area contributed by atoms with Gasteiger partial charge >= 0.3 is 0 Å². The number of hydrogen-bond acceptors (Lipinski definition) is 4. The predicted molar refractivity (Wildman–Crippen MR) is 86.1 cm³/mol. The highest BCUT2D eigenvalue weighted by Crippen LogP contribution is 2.29. The average molecular weight is 332 g/mol. The van der Waals surface area contributed by atoms with Gasteiger partial charge in [-0.3, -0.25) is 0 Å². The molecule has 120 valence electrons. The quantitative estimate of drug-likeness (QED) is 0.807. The van der Waals surface area contributed by atoms with Crippen molar-refractivity contribution >= 4 is 21.4 Å². The van der Waals surface area contributed by atoms with Gasteiger partial charge in [0.15, 0.2) is 0 Å². The lowest BCUT2D eigenvalue weighted by Gasteiger charge is -2.29. The molecule has 6 heteroatoms. The molecule has 1 aromatic heterocycles. The third kappa shape index (κ3) is 4.52. The van der Waals surface area contributed by atoms with Crippen LogP contribution in [0.2, 0.25) is 0 Å². The molecule has 1 saturated carbocycles. The number of rotatable bonds is 7. The molecule has 21 heavy (non-hydrogen) atoms. The molecule has 1 unspecified atom stereocenters. The predicted octanol–water partition coefficient (Wildman–Crippen LogP) is 2.92. The molecule has 2 rings (SSSR count). The lowest BCUT2D eigenvalue weighted by molar-refractivity contribution is 0.285. The van der Waals surface area contributed by atoms with Gasteiger partial charge in [0, 0.05) is 23.9 Å². The molecule has 1 aromatic rings. The highest BCUT2D eigenvalue weighted by atomic mass is 32.2. The van der Waals surface area contributed by atoms with Crippen LogP contribution >= 0.6 is 11.3 Å². The fourth-order valence-corrected chi connectivity index (χ4v) is 5.80. The topological polar surface area (TPSA) is 66.4 Å². The summed E-state index contributed by atoms with van der Waals surface area (Å²) < 4.78 is 28.3. The van der Waals surface area contributed by atoms with Gasteiger partial charge < -0.3 is 5.11 Å². The Hall–Kier alpha value is -0.430. The number of sulfonamides is 1. The smallest absolute Gasteiger partial charge is 0.250 e. The maximum atomic E-state index is 12.5. The molecule has 4 nitrogen and oxygen atoms in total. The summed E-state index contributed by atoms with van der Waals surface area (Å²) >= 11 is 1.25. The van der Waals surface area contributed by atoms with Crippen molar-refractivity contribution in [3.05, 3.63) is 17.0 Å². The first-order valence-corrected chi connectivity index (χ1v) is 10.1. The van der Waals surface area contributed by atoms with E-state index in [0.29, 0.717) is 16.5 Å². The third-order valence-corrected chi connectivity index (χ3v) is 7.35. The first-order valence-electron chi connectivity index (χ1n) is 7.78. The van der Waals surface area contributed by atoms with Gasteiger partial charge in [0.1, 0.15) is 4.21 Å². The molecule has 1 fully saturated rings. The fourth-order valence-electron chi connectivity index (χ4n) is 3.05. The van der Waals surface area contributed by atoms with Crippen molar-refractivity contribution in [2.24, 2.45) is 5.92 Å². The van der Waals surface area contributed by atoms with E-state index >= 15 is 0 Å². The van der Waals surface area contributed by atoms with E-state index in [1.165, 1.54) is 30.6 Å². The van der Waals surface area contributed by atoms with Crippen LogP contribution in [0.15, 0.2) is 16.3 Å². The Labute approximate surface area is 131 Å². The van der Waals surface area contributed by atoms with Crippen LogP contribution in [0.25, 0.3) is 0 Å². The van der Waals surface area contributed by atoms with Crippen molar-refractivity contribution in [3.63, 3.8) is 0 Å². The summed E-state index contributed by atoms with van der Waals surface area (Å²) in [5, 5.41) is 8.93. The molecule has 1 aliphatic carbocycles. The molecule has 2 N–H and O–H groups in total. The van der Waals surface area contributed by atoms with Crippen molar-refractivity contribution in [1.82, 2.24) is 4.72 Å². The van der Waals surface area contributed by atoms with Gasteiger partial charge in [-0.15, -0.1) is 11.3 Å². The highest BCUT2D eigenvalue weighted by molar-refractivity contribution is 7.91. The van der Waals surface area contributed by atoms with Crippen molar-refractivity contribution in [1.29, 1.82) is 0 Å². The first kappa shape index (κ1) is 16.9. The lowest BCUT2D eigenvalue weighted by Crippen LogP contribution is -2.40. The molecule has 1 atom stereocenters. The minimum absolute atomic E-state index is 0.0405.